The van der Waals surface area contributed by atoms with E-state index in [0.717, 1.165) is 18.5 Å². The molecule has 17 heavy (non-hydrogen) atoms. The molecule has 0 amide bonds. The van der Waals surface area contributed by atoms with Crippen molar-refractivity contribution in [2.75, 3.05) is 0 Å². The van der Waals surface area contributed by atoms with Gasteiger partial charge in [0.25, 0.3) is 0 Å². The third-order valence-electron chi connectivity index (χ3n) is 3.23. The van der Waals surface area contributed by atoms with Crippen LogP contribution < -0.4 is 5.32 Å². The van der Waals surface area contributed by atoms with Crippen LogP contribution in [0.4, 0.5) is 0 Å². The molecule has 0 unspecified atom stereocenters. The second-order valence-corrected chi connectivity index (χ2v) is 5.84. The zero-order valence-corrected chi connectivity index (χ0v) is 11.7. The highest BCUT2D eigenvalue weighted by molar-refractivity contribution is 5.35. The van der Waals surface area contributed by atoms with Gasteiger partial charge in [0.05, 0.1) is 0 Å². The lowest BCUT2D eigenvalue weighted by Crippen LogP contribution is -2.39. The van der Waals surface area contributed by atoms with E-state index in [2.05, 4.69) is 33.0 Å². The molecule has 0 saturated heterocycles. The first-order chi connectivity index (χ1) is 7.84. The van der Waals surface area contributed by atoms with Gasteiger partial charge in [0.1, 0.15) is 5.75 Å². The Hall–Kier alpha value is -1.02. The summed E-state index contributed by atoms with van der Waals surface area (Å²) in [6.45, 7) is 11.7. The normalized spacial score (nSPS) is 13.7. The van der Waals surface area contributed by atoms with Gasteiger partial charge in [0.15, 0.2) is 0 Å². The van der Waals surface area contributed by atoms with Crippen LogP contribution in [0, 0.1) is 12.3 Å². The fourth-order valence-corrected chi connectivity index (χ4v) is 2.15. The van der Waals surface area contributed by atoms with Crippen molar-refractivity contribution in [1.29, 1.82) is 0 Å². The predicted molar refractivity (Wildman–Crippen MR) is 73.2 cm³/mol. The molecule has 0 bridgehead atoms. The van der Waals surface area contributed by atoms with Crippen molar-refractivity contribution in [1.82, 2.24) is 5.32 Å². The first-order valence-electron chi connectivity index (χ1n) is 6.36. The van der Waals surface area contributed by atoms with Crippen LogP contribution >= 0.6 is 0 Å². The Morgan fingerprint density at radius 3 is 2.47 bits per heavy atom. The summed E-state index contributed by atoms with van der Waals surface area (Å²) >= 11 is 0. The molecule has 1 aromatic rings. The Labute approximate surface area is 105 Å². The summed E-state index contributed by atoms with van der Waals surface area (Å²) in [5.41, 5.74) is 2.41. The highest BCUT2D eigenvalue weighted by Gasteiger charge is 2.22. The number of rotatable bonds is 4. The number of aryl methyl sites for hydroxylation is 1. The molecule has 0 radical (unpaired) electrons. The van der Waals surface area contributed by atoms with Crippen LogP contribution in [0.1, 0.15) is 45.2 Å². The first-order valence-corrected chi connectivity index (χ1v) is 6.36. The number of hydrogen-bond donors (Lipinski definition) is 2. The van der Waals surface area contributed by atoms with Crippen molar-refractivity contribution in [2.24, 2.45) is 5.41 Å². The van der Waals surface area contributed by atoms with Crippen LogP contribution in [0.5, 0.6) is 5.75 Å². The van der Waals surface area contributed by atoms with Crippen LogP contribution in [0.25, 0.3) is 0 Å². The highest BCUT2D eigenvalue weighted by Crippen LogP contribution is 2.23. The van der Waals surface area contributed by atoms with Gasteiger partial charge in [-0.15, -0.1) is 0 Å². The SMILES string of the molecule is CC[C@@H](NCc1cc(C)ccc1O)C(C)(C)C. The fraction of sp³-hybridized carbons (Fsp3) is 0.600. The molecular formula is C15H25NO. The molecule has 2 nitrogen and oxygen atoms in total. The highest BCUT2D eigenvalue weighted by atomic mass is 16.3. The van der Waals surface area contributed by atoms with Crippen molar-refractivity contribution in [3.8, 4) is 5.75 Å². The van der Waals surface area contributed by atoms with Crippen LogP contribution in [0.2, 0.25) is 0 Å². The maximum atomic E-state index is 9.78. The molecule has 0 spiro atoms. The van der Waals surface area contributed by atoms with Gasteiger partial charge in [-0.05, 0) is 24.8 Å². The van der Waals surface area contributed by atoms with Gasteiger partial charge in [0.2, 0.25) is 0 Å². The molecule has 0 heterocycles. The standard InChI is InChI=1S/C15H25NO/c1-6-14(15(3,4)5)16-10-12-9-11(2)7-8-13(12)17/h7-9,14,16-17H,6,10H2,1-5H3/t14-/m1/s1. The Kier molecular flexibility index (Phi) is 4.58. The van der Waals surface area contributed by atoms with Gasteiger partial charge in [-0.1, -0.05) is 45.4 Å². The average Bonchev–Trinajstić information content (AvgIpc) is 2.22. The number of hydrogen-bond acceptors (Lipinski definition) is 2. The van der Waals surface area contributed by atoms with Crippen LogP contribution in [-0.4, -0.2) is 11.1 Å². The molecule has 0 aromatic heterocycles. The van der Waals surface area contributed by atoms with Crippen molar-refractivity contribution in [3.63, 3.8) is 0 Å². The zero-order valence-electron chi connectivity index (χ0n) is 11.7. The maximum Gasteiger partial charge on any atom is 0.120 e. The van der Waals surface area contributed by atoms with E-state index in [-0.39, 0.29) is 5.41 Å². The third-order valence-corrected chi connectivity index (χ3v) is 3.23. The van der Waals surface area contributed by atoms with Crippen molar-refractivity contribution >= 4 is 0 Å². The molecule has 2 heteroatoms. The number of benzene rings is 1. The summed E-state index contributed by atoms with van der Waals surface area (Å²) in [4.78, 5) is 0. The summed E-state index contributed by atoms with van der Waals surface area (Å²) in [6.07, 6.45) is 1.09. The minimum Gasteiger partial charge on any atom is -0.508 e. The molecule has 0 aliphatic carbocycles. The molecular weight excluding hydrogens is 210 g/mol. The van der Waals surface area contributed by atoms with Gasteiger partial charge in [0, 0.05) is 18.2 Å². The van der Waals surface area contributed by atoms with Gasteiger partial charge in [-0.2, -0.15) is 0 Å². The smallest absolute Gasteiger partial charge is 0.120 e. The summed E-state index contributed by atoms with van der Waals surface area (Å²) in [6, 6.07) is 6.20. The zero-order chi connectivity index (χ0) is 13.1. The minimum atomic E-state index is 0.244. The Morgan fingerprint density at radius 2 is 1.94 bits per heavy atom. The summed E-state index contributed by atoms with van der Waals surface area (Å²) in [5, 5.41) is 13.3. The lowest BCUT2D eigenvalue weighted by Gasteiger charge is -2.31. The monoisotopic (exact) mass is 235 g/mol. The summed E-state index contributed by atoms with van der Waals surface area (Å²) < 4.78 is 0. The van der Waals surface area contributed by atoms with Crippen molar-refractivity contribution in [2.45, 2.75) is 53.6 Å². The summed E-state index contributed by atoms with van der Waals surface area (Å²) in [7, 11) is 0. The number of phenols is 1. The van der Waals surface area contributed by atoms with E-state index in [1.165, 1.54) is 5.56 Å². The van der Waals surface area contributed by atoms with Gasteiger partial charge < -0.3 is 10.4 Å². The van der Waals surface area contributed by atoms with E-state index in [0.29, 0.717) is 11.8 Å². The average molecular weight is 235 g/mol. The van der Waals surface area contributed by atoms with E-state index < -0.39 is 0 Å². The number of aromatic hydroxyl groups is 1. The molecule has 1 rings (SSSR count). The molecule has 1 atom stereocenters. The number of nitrogens with one attached hydrogen (secondary N) is 1. The molecule has 0 aliphatic heterocycles. The van der Waals surface area contributed by atoms with Gasteiger partial charge in [-0.25, -0.2) is 0 Å². The lowest BCUT2D eigenvalue weighted by atomic mass is 9.85. The van der Waals surface area contributed by atoms with Crippen molar-refractivity contribution in [3.05, 3.63) is 29.3 Å². The van der Waals surface area contributed by atoms with Gasteiger partial charge in [-0.3, -0.25) is 0 Å². The van der Waals surface area contributed by atoms with Crippen molar-refractivity contribution < 1.29 is 5.11 Å². The maximum absolute atomic E-state index is 9.78. The second kappa shape index (κ2) is 5.54. The Bertz CT molecular complexity index is 366. The van der Waals surface area contributed by atoms with E-state index in [4.69, 9.17) is 0 Å². The molecule has 0 aliphatic rings. The largest absolute Gasteiger partial charge is 0.508 e. The van der Waals surface area contributed by atoms with Crippen LogP contribution in [0.15, 0.2) is 18.2 Å². The third kappa shape index (κ3) is 4.04. The topological polar surface area (TPSA) is 32.3 Å². The fourth-order valence-electron chi connectivity index (χ4n) is 2.15. The van der Waals surface area contributed by atoms with Crippen LogP contribution in [-0.2, 0) is 6.54 Å². The second-order valence-electron chi connectivity index (χ2n) is 5.84. The van der Waals surface area contributed by atoms with E-state index >= 15 is 0 Å². The lowest BCUT2D eigenvalue weighted by molar-refractivity contribution is 0.259. The van der Waals surface area contributed by atoms with Gasteiger partial charge >= 0.3 is 0 Å². The molecule has 0 saturated carbocycles. The molecule has 0 fully saturated rings. The van der Waals surface area contributed by atoms with Crippen LogP contribution in [0.3, 0.4) is 0 Å². The van der Waals surface area contributed by atoms with E-state index in [1.54, 1.807) is 6.07 Å². The molecule has 1 aromatic carbocycles. The Balaban J connectivity index is 2.69. The minimum absolute atomic E-state index is 0.244. The van der Waals surface area contributed by atoms with E-state index in [1.807, 2.05) is 19.1 Å². The Morgan fingerprint density at radius 1 is 1.29 bits per heavy atom. The first kappa shape index (κ1) is 14.0. The summed E-state index contributed by atoms with van der Waals surface area (Å²) in [5.74, 6) is 0.381. The molecule has 96 valence electrons. The number of phenolic OH excluding ortho intramolecular Hbond substituents is 1. The molecule has 2 N–H and O–H groups in total. The quantitative estimate of drug-likeness (QED) is 0.835. The predicted octanol–water partition coefficient (Wildman–Crippen LogP) is 3.61. The van der Waals surface area contributed by atoms with E-state index in [9.17, 15) is 5.11 Å².